The molecule has 2 heterocycles. The van der Waals surface area contributed by atoms with Crippen LogP contribution in [0.1, 0.15) is 31.2 Å². The number of hydrogen-bond acceptors (Lipinski definition) is 3. The van der Waals surface area contributed by atoms with E-state index in [0.717, 1.165) is 6.42 Å². The van der Waals surface area contributed by atoms with Crippen LogP contribution >= 0.6 is 0 Å². The number of esters is 1. The number of carbonyl (C=O) groups is 1. The molecule has 21 heavy (non-hydrogen) atoms. The van der Waals surface area contributed by atoms with E-state index in [1.807, 2.05) is 0 Å². The molecule has 0 saturated carbocycles. The number of ether oxygens (including phenoxy) is 1. The lowest BCUT2D eigenvalue weighted by atomic mass is 9.75. The molecule has 2 fully saturated rings. The highest BCUT2D eigenvalue weighted by Crippen LogP contribution is 2.44. The summed E-state index contributed by atoms with van der Waals surface area (Å²) in [5, 5.41) is 0. The Hall–Kier alpha value is -1.35. The molecule has 1 aromatic carbocycles. The van der Waals surface area contributed by atoms with Gasteiger partial charge in [-0.1, -0.05) is 30.3 Å². The first-order valence-corrected chi connectivity index (χ1v) is 8.01. The van der Waals surface area contributed by atoms with Crippen molar-refractivity contribution in [3.05, 3.63) is 35.9 Å². The molecule has 3 nitrogen and oxygen atoms in total. The van der Waals surface area contributed by atoms with Gasteiger partial charge < -0.3 is 9.64 Å². The van der Waals surface area contributed by atoms with E-state index in [1.165, 1.54) is 31.9 Å². The molecule has 2 bridgehead atoms. The highest BCUT2D eigenvalue weighted by atomic mass is 16.5. The molecule has 0 N–H and O–H groups in total. The lowest BCUT2D eigenvalue weighted by Crippen LogP contribution is -2.47. The molecular formula is C18H25NO2. The SMILES string of the molecule is COC(=O)CC1[C@@H](Cc2ccccc2)C[C@@H]2CC[C@H]1N2C. The van der Waals surface area contributed by atoms with Crippen LogP contribution in [0.4, 0.5) is 0 Å². The number of benzene rings is 1. The van der Waals surface area contributed by atoms with E-state index >= 15 is 0 Å². The third-order valence-corrected chi connectivity index (χ3v) is 5.54. The van der Waals surface area contributed by atoms with Crippen molar-refractivity contribution in [3.8, 4) is 0 Å². The molecule has 4 atom stereocenters. The minimum absolute atomic E-state index is 0.0585. The van der Waals surface area contributed by atoms with Crippen molar-refractivity contribution in [3.63, 3.8) is 0 Å². The van der Waals surface area contributed by atoms with Crippen LogP contribution in [0.5, 0.6) is 0 Å². The second-order valence-corrected chi connectivity index (χ2v) is 6.59. The lowest BCUT2D eigenvalue weighted by molar-refractivity contribution is -0.143. The first-order valence-electron chi connectivity index (χ1n) is 8.01. The molecule has 1 aromatic rings. The van der Waals surface area contributed by atoms with E-state index in [2.05, 4.69) is 42.3 Å². The summed E-state index contributed by atoms with van der Waals surface area (Å²) in [7, 11) is 3.73. The summed E-state index contributed by atoms with van der Waals surface area (Å²) in [6.45, 7) is 0. The minimum atomic E-state index is -0.0585. The predicted octanol–water partition coefficient (Wildman–Crippen LogP) is 2.89. The largest absolute Gasteiger partial charge is 0.469 e. The van der Waals surface area contributed by atoms with Crippen molar-refractivity contribution in [2.75, 3.05) is 14.2 Å². The second-order valence-electron chi connectivity index (χ2n) is 6.59. The van der Waals surface area contributed by atoms with E-state index in [1.54, 1.807) is 0 Å². The van der Waals surface area contributed by atoms with Gasteiger partial charge in [0.2, 0.25) is 0 Å². The van der Waals surface area contributed by atoms with Crippen LogP contribution < -0.4 is 0 Å². The van der Waals surface area contributed by atoms with E-state index in [4.69, 9.17) is 4.74 Å². The Bertz CT molecular complexity index is 487. The van der Waals surface area contributed by atoms with Crippen LogP contribution in [-0.4, -0.2) is 37.1 Å². The molecule has 0 radical (unpaired) electrons. The van der Waals surface area contributed by atoms with Gasteiger partial charge in [0.15, 0.2) is 0 Å². The zero-order chi connectivity index (χ0) is 14.8. The van der Waals surface area contributed by atoms with Gasteiger partial charge in [-0.15, -0.1) is 0 Å². The second kappa shape index (κ2) is 6.18. The smallest absolute Gasteiger partial charge is 0.305 e. The van der Waals surface area contributed by atoms with Gasteiger partial charge in [-0.2, -0.15) is 0 Å². The van der Waals surface area contributed by atoms with Gasteiger partial charge in [-0.3, -0.25) is 4.79 Å². The van der Waals surface area contributed by atoms with Crippen LogP contribution in [0, 0.1) is 11.8 Å². The highest BCUT2D eigenvalue weighted by Gasteiger charge is 2.45. The normalized spacial score (nSPS) is 32.1. The van der Waals surface area contributed by atoms with E-state index in [0.29, 0.717) is 30.3 Å². The summed E-state index contributed by atoms with van der Waals surface area (Å²) in [5.74, 6) is 0.971. The van der Waals surface area contributed by atoms with E-state index in [9.17, 15) is 4.79 Å². The number of hydrogen-bond donors (Lipinski definition) is 0. The first-order chi connectivity index (χ1) is 10.2. The summed E-state index contributed by atoms with van der Waals surface area (Å²) in [6, 6.07) is 11.9. The number of fused-ring (bicyclic) bond motifs is 2. The van der Waals surface area contributed by atoms with Crippen LogP contribution in [0.3, 0.4) is 0 Å². The maximum Gasteiger partial charge on any atom is 0.305 e. The third-order valence-electron chi connectivity index (χ3n) is 5.54. The first kappa shape index (κ1) is 14.6. The molecule has 3 heteroatoms. The summed E-state index contributed by atoms with van der Waals surface area (Å²) in [6.07, 6.45) is 5.38. The fourth-order valence-corrected chi connectivity index (χ4v) is 4.41. The average molecular weight is 287 g/mol. The van der Waals surface area contributed by atoms with Crippen LogP contribution in [0.25, 0.3) is 0 Å². The molecule has 0 aromatic heterocycles. The van der Waals surface area contributed by atoms with Crippen LogP contribution in [-0.2, 0) is 16.0 Å². The summed E-state index contributed by atoms with van der Waals surface area (Å²) in [5.41, 5.74) is 1.39. The van der Waals surface area contributed by atoms with Crippen molar-refractivity contribution in [1.29, 1.82) is 0 Å². The molecule has 0 aliphatic carbocycles. The Balaban J connectivity index is 1.77. The van der Waals surface area contributed by atoms with Crippen LogP contribution in [0.15, 0.2) is 30.3 Å². The third kappa shape index (κ3) is 2.98. The monoisotopic (exact) mass is 287 g/mol. The Morgan fingerprint density at radius 1 is 1.29 bits per heavy atom. The number of rotatable bonds is 4. The molecule has 2 saturated heterocycles. The van der Waals surface area contributed by atoms with Gasteiger partial charge in [0, 0.05) is 12.1 Å². The number of nitrogens with zero attached hydrogens (tertiary/aromatic N) is 1. The van der Waals surface area contributed by atoms with Gasteiger partial charge >= 0.3 is 5.97 Å². The van der Waals surface area contributed by atoms with Crippen LogP contribution in [0.2, 0.25) is 0 Å². The molecule has 2 aliphatic rings. The van der Waals surface area contributed by atoms with Gasteiger partial charge in [-0.25, -0.2) is 0 Å². The highest BCUT2D eigenvalue weighted by molar-refractivity contribution is 5.69. The molecule has 114 valence electrons. The average Bonchev–Trinajstić information content (AvgIpc) is 2.75. The Morgan fingerprint density at radius 3 is 2.76 bits per heavy atom. The van der Waals surface area contributed by atoms with Crippen molar-refractivity contribution in [2.24, 2.45) is 11.8 Å². The molecule has 0 spiro atoms. The predicted molar refractivity (Wildman–Crippen MR) is 82.9 cm³/mol. The molecular weight excluding hydrogens is 262 g/mol. The van der Waals surface area contributed by atoms with Gasteiger partial charge in [-0.05, 0) is 50.1 Å². The lowest BCUT2D eigenvalue weighted by Gasteiger charge is -2.43. The molecule has 3 rings (SSSR count). The zero-order valence-electron chi connectivity index (χ0n) is 13.0. The number of carbonyl (C=O) groups excluding carboxylic acids is 1. The maximum absolute atomic E-state index is 11.8. The Kier molecular flexibility index (Phi) is 4.29. The van der Waals surface area contributed by atoms with Crippen molar-refractivity contribution in [1.82, 2.24) is 4.90 Å². The molecule has 1 unspecified atom stereocenters. The van der Waals surface area contributed by atoms with Crippen molar-refractivity contribution < 1.29 is 9.53 Å². The van der Waals surface area contributed by atoms with E-state index < -0.39 is 0 Å². The topological polar surface area (TPSA) is 29.5 Å². The molecule has 0 amide bonds. The van der Waals surface area contributed by atoms with E-state index in [-0.39, 0.29) is 5.97 Å². The Labute approximate surface area is 127 Å². The fourth-order valence-electron chi connectivity index (χ4n) is 4.41. The van der Waals surface area contributed by atoms with Crippen molar-refractivity contribution >= 4 is 5.97 Å². The maximum atomic E-state index is 11.8. The van der Waals surface area contributed by atoms with Crippen molar-refractivity contribution in [2.45, 2.75) is 44.2 Å². The Morgan fingerprint density at radius 2 is 2.05 bits per heavy atom. The number of methoxy groups -OCH3 is 1. The molecule has 2 aliphatic heterocycles. The summed E-state index contributed by atoms with van der Waals surface area (Å²) >= 11 is 0. The fraction of sp³-hybridized carbons (Fsp3) is 0.611. The van der Waals surface area contributed by atoms with Gasteiger partial charge in [0.25, 0.3) is 0 Å². The number of piperidine rings is 1. The minimum Gasteiger partial charge on any atom is -0.469 e. The quantitative estimate of drug-likeness (QED) is 0.798. The van der Waals surface area contributed by atoms with Gasteiger partial charge in [0.1, 0.15) is 0 Å². The summed E-state index contributed by atoms with van der Waals surface area (Å²) < 4.78 is 4.94. The van der Waals surface area contributed by atoms with Gasteiger partial charge in [0.05, 0.1) is 13.5 Å². The standard InChI is InChI=1S/C18H25NO2/c1-19-15-8-9-17(19)16(12-18(20)21-2)14(11-15)10-13-6-4-3-5-7-13/h3-7,14-17H,8-12H2,1-2H3/t14-,15-,16?,17+/m0/s1. The summed E-state index contributed by atoms with van der Waals surface area (Å²) in [4.78, 5) is 14.3. The zero-order valence-corrected chi connectivity index (χ0v) is 13.0.